The third-order valence-electron chi connectivity index (χ3n) is 8.64. The van der Waals surface area contributed by atoms with E-state index < -0.39 is 45.9 Å². The first-order valence-corrected chi connectivity index (χ1v) is 16.5. The topological polar surface area (TPSA) is 87.7 Å². The molecule has 3 saturated heterocycles. The maximum Gasteiger partial charge on any atom is 0.414 e. The van der Waals surface area contributed by atoms with Crippen LogP contribution in [0.1, 0.15) is 49.1 Å². The van der Waals surface area contributed by atoms with Gasteiger partial charge in [0.05, 0.1) is 18.8 Å². The molecule has 3 aliphatic heterocycles. The number of sulfonamides is 1. The van der Waals surface area contributed by atoms with E-state index in [0.717, 1.165) is 6.42 Å². The average Bonchev–Trinajstić information content (AvgIpc) is 3.07. The summed E-state index contributed by atoms with van der Waals surface area (Å²) in [6.45, 7) is 0.681. The molecule has 0 saturated carbocycles. The molecular formula is C30H35ClF4N3O4S. The Labute approximate surface area is 254 Å². The van der Waals surface area contributed by atoms with Gasteiger partial charge < -0.3 is 15.4 Å². The van der Waals surface area contributed by atoms with Crippen LogP contribution in [0, 0.1) is 18.2 Å². The fraction of sp³-hybridized carbons (Fsp3) is 0.533. The molecule has 2 bridgehead atoms. The van der Waals surface area contributed by atoms with Gasteiger partial charge >= 0.3 is 6.18 Å². The van der Waals surface area contributed by atoms with Gasteiger partial charge in [0.1, 0.15) is 5.82 Å². The lowest BCUT2D eigenvalue weighted by molar-refractivity contribution is -0.236. The van der Waals surface area contributed by atoms with E-state index in [4.69, 9.17) is 16.3 Å². The van der Waals surface area contributed by atoms with Gasteiger partial charge in [-0.3, -0.25) is 4.79 Å². The standard InChI is InChI=1S/C30H35ClF4N3O4S/c31-21-9-6-19(7-10-21)25(20-8-13-28(42-18-20)30(33,34)35)15-29(39)37-27-5-1-4-26(32)24(27)12-11-23-16-36-22-3-2-14-43(40,41)38(23)17-22/h1,4-7,9-10,15,20,22-23,25,28,36H,2-3,8,11-14,16-18H2,(H,37,39)/t20?,22-,23+,25+,28?/m1/s1. The fourth-order valence-electron chi connectivity index (χ4n) is 6.33. The highest BCUT2D eigenvalue weighted by Crippen LogP contribution is 2.39. The molecule has 3 aliphatic rings. The van der Waals surface area contributed by atoms with Crippen molar-refractivity contribution >= 4 is 33.2 Å². The van der Waals surface area contributed by atoms with Crippen molar-refractivity contribution in [3.63, 3.8) is 0 Å². The molecule has 0 aliphatic carbocycles. The first kappa shape index (κ1) is 32.2. The Morgan fingerprint density at radius 3 is 2.63 bits per heavy atom. The quantitative estimate of drug-likeness (QED) is 0.373. The van der Waals surface area contributed by atoms with Crippen LogP contribution in [-0.4, -0.2) is 68.4 Å². The number of carbonyl (C=O) groups excluding carboxylic acids is 1. The summed E-state index contributed by atoms with van der Waals surface area (Å²) < 4.78 is 87.0. The van der Waals surface area contributed by atoms with Crippen molar-refractivity contribution in [3.05, 3.63) is 70.9 Å². The van der Waals surface area contributed by atoms with E-state index >= 15 is 4.39 Å². The molecule has 5 rings (SSSR count). The summed E-state index contributed by atoms with van der Waals surface area (Å²) in [6.07, 6.45) is -2.98. The number of ether oxygens (including phenoxy) is 1. The predicted molar refractivity (Wildman–Crippen MR) is 156 cm³/mol. The summed E-state index contributed by atoms with van der Waals surface area (Å²) in [7, 11) is -3.41. The Kier molecular flexibility index (Phi) is 10.0. The van der Waals surface area contributed by atoms with Gasteiger partial charge in [-0.1, -0.05) is 29.8 Å². The van der Waals surface area contributed by atoms with E-state index in [-0.39, 0.29) is 55.0 Å². The number of benzene rings is 2. The third kappa shape index (κ3) is 7.89. The zero-order chi connectivity index (χ0) is 30.8. The lowest BCUT2D eigenvalue weighted by Gasteiger charge is -2.37. The number of hydrogen-bond acceptors (Lipinski definition) is 5. The van der Waals surface area contributed by atoms with E-state index in [1.807, 2.05) is 0 Å². The highest BCUT2D eigenvalue weighted by atomic mass is 35.5. The van der Waals surface area contributed by atoms with Gasteiger partial charge in [0.2, 0.25) is 15.9 Å². The van der Waals surface area contributed by atoms with Crippen LogP contribution in [-0.2, 0) is 26.0 Å². The molecule has 3 unspecified atom stereocenters. The summed E-state index contributed by atoms with van der Waals surface area (Å²) in [5, 5.41) is 6.64. The molecule has 7 nitrogen and oxygen atoms in total. The van der Waals surface area contributed by atoms with Crippen LogP contribution in [0.5, 0.6) is 0 Å². The number of fused-ring (bicyclic) bond motifs is 2. The van der Waals surface area contributed by atoms with Crippen LogP contribution in [0.3, 0.4) is 0 Å². The SMILES string of the molecule is O=C([CH][C@@H](c1ccc(Cl)cc1)C1CCC(C(F)(F)F)OC1)Nc1cccc(F)c1CC[C@H]1CN[C@@H]2CCCS(=O)(=O)N1C2. The van der Waals surface area contributed by atoms with Crippen molar-refractivity contribution in [2.24, 2.45) is 5.92 Å². The van der Waals surface area contributed by atoms with E-state index in [0.29, 0.717) is 36.5 Å². The lowest BCUT2D eigenvalue weighted by atomic mass is 9.79. The molecule has 1 radical (unpaired) electrons. The monoisotopic (exact) mass is 644 g/mol. The first-order valence-electron chi connectivity index (χ1n) is 14.5. The molecule has 6 atom stereocenters. The summed E-state index contributed by atoms with van der Waals surface area (Å²) in [5.41, 5.74) is 1.21. The maximum atomic E-state index is 15.1. The van der Waals surface area contributed by atoms with Crippen LogP contribution in [0.2, 0.25) is 5.02 Å². The molecule has 2 aromatic rings. The Morgan fingerprint density at radius 1 is 1.16 bits per heavy atom. The third-order valence-corrected chi connectivity index (χ3v) is 10.9. The maximum absolute atomic E-state index is 15.1. The Morgan fingerprint density at radius 2 is 1.93 bits per heavy atom. The molecule has 13 heteroatoms. The van der Waals surface area contributed by atoms with Crippen LogP contribution in [0.4, 0.5) is 23.2 Å². The molecule has 2 N–H and O–H groups in total. The molecule has 0 aromatic heterocycles. The fourth-order valence-corrected chi connectivity index (χ4v) is 8.26. The van der Waals surface area contributed by atoms with Crippen molar-refractivity contribution in [2.45, 2.75) is 68.8 Å². The number of anilines is 1. The van der Waals surface area contributed by atoms with Crippen molar-refractivity contribution in [1.29, 1.82) is 0 Å². The number of carbonyl (C=O) groups is 1. The number of rotatable bonds is 8. The van der Waals surface area contributed by atoms with Gasteiger partial charge in [-0.2, -0.15) is 17.5 Å². The van der Waals surface area contributed by atoms with Crippen molar-refractivity contribution in [3.8, 4) is 0 Å². The molecule has 3 fully saturated rings. The minimum atomic E-state index is -4.46. The largest absolute Gasteiger partial charge is 0.414 e. The lowest BCUT2D eigenvalue weighted by Crippen LogP contribution is -2.57. The molecule has 43 heavy (non-hydrogen) atoms. The van der Waals surface area contributed by atoms with Gasteiger partial charge in [0, 0.05) is 47.4 Å². The Hall–Kier alpha value is -2.25. The first-order chi connectivity index (χ1) is 20.4. The van der Waals surface area contributed by atoms with Gasteiger partial charge in [-0.25, -0.2) is 12.8 Å². The van der Waals surface area contributed by atoms with E-state index in [1.54, 1.807) is 34.6 Å². The second kappa shape index (κ2) is 13.4. The van der Waals surface area contributed by atoms with Crippen molar-refractivity contribution in [1.82, 2.24) is 9.62 Å². The number of amides is 1. The van der Waals surface area contributed by atoms with E-state index in [1.165, 1.54) is 18.6 Å². The Balaban J connectivity index is 1.29. The van der Waals surface area contributed by atoms with Gasteiger partial charge in [0.25, 0.3) is 0 Å². The molecule has 0 spiro atoms. The zero-order valence-electron chi connectivity index (χ0n) is 23.5. The highest BCUT2D eigenvalue weighted by Gasteiger charge is 2.44. The van der Waals surface area contributed by atoms with Gasteiger partial charge in [-0.15, -0.1) is 0 Å². The zero-order valence-corrected chi connectivity index (χ0v) is 25.0. The van der Waals surface area contributed by atoms with Crippen molar-refractivity contribution in [2.75, 3.05) is 30.8 Å². The summed E-state index contributed by atoms with van der Waals surface area (Å²) in [6, 6.07) is 10.9. The molecule has 1 amide bonds. The number of piperazine rings is 1. The van der Waals surface area contributed by atoms with Crippen LogP contribution in [0.15, 0.2) is 42.5 Å². The van der Waals surface area contributed by atoms with Gasteiger partial charge in [-0.05, 0) is 74.3 Å². The highest BCUT2D eigenvalue weighted by molar-refractivity contribution is 7.89. The van der Waals surface area contributed by atoms with Crippen LogP contribution in [0.25, 0.3) is 0 Å². The number of nitrogens with zero attached hydrogens (tertiary/aromatic N) is 1. The smallest absolute Gasteiger partial charge is 0.368 e. The molecule has 235 valence electrons. The second-order valence-electron chi connectivity index (χ2n) is 11.5. The van der Waals surface area contributed by atoms with Crippen LogP contribution >= 0.6 is 11.6 Å². The molecular weight excluding hydrogens is 610 g/mol. The summed E-state index contributed by atoms with van der Waals surface area (Å²) in [5.74, 6) is -1.93. The summed E-state index contributed by atoms with van der Waals surface area (Å²) >= 11 is 6.04. The number of halogens is 5. The van der Waals surface area contributed by atoms with E-state index in [9.17, 15) is 26.4 Å². The van der Waals surface area contributed by atoms with Gasteiger partial charge in [0.15, 0.2) is 6.10 Å². The number of nitrogens with one attached hydrogen (secondary N) is 2. The number of hydrogen-bond donors (Lipinski definition) is 2. The average molecular weight is 645 g/mol. The normalized spacial score (nSPS) is 28.1. The minimum Gasteiger partial charge on any atom is -0.368 e. The molecule has 3 heterocycles. The predicted octanol–water partition coefficient (Wildman–Crippen LogP) is 5.46. The van der Waals surface area contributed by atoms with Crippen LogP contribution < -0.4 is 10.6 Å². The number of alkyl halides is 3. The second-order valence-corrected chi connectivity index (χ2v) is 14.0. The minimum absolute atomic E-state index is 0.0935. The Bertz CT molecular complexity index is 1380. The summed E-state index contributed by atoms with van der Waals surface area (Å²) in [4.78, 5) is 13.3. The van der Waals surface area contributed by atoms with E-state index in [2.05, 4.69) is 10.6 Å². The van der Waals surface area contributed by atoms with Crippen molar-refractivity contribution < 1.29 is 35.5 Å². The molecule has 2 aromatic carbocycles.